The number of esters is 1. The summed E-state index contributed by atoms with van der Waals surface area (Å²) in [7, 11) is -3.67. The monoisotopic (exact) mass is 532 g/mol. The molecule has 0 fully saturated rings. The minimum absolute atomic E-state index is 0.0422. The van der Waals surface area contributed by atoms with E-state index in [0.29, 0.717) is 41.4 Å². The van der Waals surface area contributed by atoms with Crippen molar-refractivity contribution in [2.24, 2.45) is 5.73 Å². The highest BCUT2D eigenvalue weighted by atomic mass is 32.2. The van der Waals surface area contributed by atoms with Crippen LogP contribution in [0.3, 0.4) is 0 Å². The van der Waals surface area contributed by atoms with E-state index in [1.165, 1.54) is 4.57 Å². The SMILES string of the molecule is CS(=O)(=O)O.[2H]c1c(F)c(C)c2c3c(c4c(nc13)-c1cc3c(c(=O)n1C4)COC(=O)[C@]3(O)CC)[C@@H](N)CC2. The summed E-state index contributed by atoms with van der Waals surface area (Å²) in [6, 6.07) is 0.983. The number of fused-ring (bicyclic) bond motifs is 5. The van der Waals surface area contributed by atoms with Gasteiger partial charge in [-0.05, 0) is 48.9 Å². The number of nitrogens with zero attached hydrogens (tertiary/aromatic N) is 2. The van der Waals surface area contributed by atoms with Crippen molar-refractivity contribution in [2.45, 2.75) is 57.9 Å². The topological polar surface area (TPSA) is 162 Å². The van der Waals surface area contributed by atoms with Gasteiger partial charge in [0.15, 0.2) is 5.60 Å². The van der Waals surface area contributed by atoms with Crippen LogP contribution >= 0.6 is 0 Å². The quantitative estimate of drug-likeness (QED) is 0.246. The number of ether oxygens (including phenoxy) is 1. The Bertz CT molecular complexity index is 1730. The maximum absolute atomic E-state index is 14.9. The van der Waals surface area contributed by atoms with Gasteiger partial charge in [-0.3, -0.25) is 9.35 Å². The molecule has 0 saturated heterocycles. The van der Waals surface area contributed by atoms with Gasteiger partial charge < -0.3 is 20.1 Å². The normalized spacial score (nSPS) is 21.9. The largest absolute Gasteiger partial charge is 0.458 e. The van der Waals surface area contributed by atoms with Crippen LogP contribution < -0.4 is 11.3 Å². The Balaban J connectivity index is 0.000000540. The van der Waals surface area contributed by atoms with Crippen LogP contribution in [0.15, 0.2) is 16.9 Å². The molecule has 1 aliphatic carbocycles. The Morgan fingerprint density at radius 2 is 2.03 bits per heavy atom. The van der Waals surface area contributed by atoms with Crippen LogP contribution in [0, 0.1) is 12.7 Å². The summed E-state index contributed by atoms with van der Waals surface area (Å²) in [5.74, 6) is -1.39. The maximum atomic E-state index is 14.9. The van der Waals surface area contributed by atoms with Crippen LogP contribution in [-0.2, 0) is 44.8 Å². The Kier molecular flexibility index (Phi) is 5.50. The number of hydrogen-bond donors (Lipinski definition) is 3. The molecule has 6 rings (SSSR count). The fourth-order valence-corrected chi connectivity index (χ4v) is 5.50. The summed E-state index contributed by atoms with van der Waals surface area (Å²) >= 11 is 0. The fourth-order valence-electron chi connectivity index (χ4n) is 5.50. The highest BCUT2D eigenvalue weighted by Gasteiger charge is 2.45. The summed E-state index contributed by atoms with van der Waals surface area (Å²) in [6.45, 7) is 3.33. The van der Waals surface area contributed by atoms with Crippen molar-refractivity contribution in [2.75, 3.05) is 6.26 Å². The molecule has 4 N–H and O–H groups in total. The molecule has 0 unspecified atom stereocenters. The zero-order valence-corrected chi connectivity index (χ0v) is 21.2. The van der Waals surface area contributed by atoms with Crippen LogP contribution in [0.4, 0.5) is 4.39 Å². The van der Waals surface area contributed by atoms with Crippen LogP contribution in [0.5, 0.6) is 0 Å². The second-order valence-corrected chi connectivity index (χ2v) is 11.1. The molecular formula is C25H26FN3O7S. The number of rotatable bonds is 1. The summed E-state index contributed by atoms with van der Waals surface area (Å²) < 4.78 is 55.8. The van der Waals surface area contributed by atoms with Crippen LogP contribution in [0.2, 0.25) is 0 Å². The number of aliphatic hydroxyl groups is 1. The molecule has 0 bridgehead atoms. The van der Waals surface area contributed by atoms with Crippen molar-refractivity contribution in [3.8, 4) is 11.4 Å². The molecule has 0 saturated carbocycles. The number of halogens is 1. The molecule has 2 aromatic heterocycles. The molecule has 1 aromatic carbocycles. The number of aryl methyl sites for hydroxylation is 1. The third kappa shape index (κ3) is 3.86. The number of cyclic esters (lactones) is 1. The lowest BCUT2D eigenvalue weighted by molar-refractivity contribution is -0.172. The number of carbonyl (C=O) groups excluding carboxylic acids is 1. The van der Waals surface area contributed by atoms with Crippen molar-refractivity contribution in [1.29, 1.82) is 0 Å². The van der Waals surface area contributed by atoms with Gasteiger partial charge in [0.25, 0.3) is 15.7 Å². The molecule has 3 aliphatic rings. The van der Waals surface area contributed by atoms with Crippen molar-refractivity contribution < 1.29 is 33.4 Å². The zero-order valence-electron chi connectivity index (χ0n) is 21.4. The summed E-state index contributed by atoms with van der Waals surface area (Å²) in [5.41, 5.74) is 8.59. The first-order valence-electron chi connectivity index (χ1n) is 12.2. The van der Waals surface area contributed by atoms with E-state index < -0.39 is 27.5 Å². The molecule has 0 spiro atoms. The van der Waals surface area contributed by atoms with Crippen LogP contribution in [-0.4, -0.2) is 39.9 Å². The van der Waals surface area contributed by atoms with E-state index in [1.54, 1.807) is 19.9 Å². The average molecular weight is 533 g/mol. The maximum Gasteiger partial charge on any atom is 0.343 e. The van der Waals surface area contributed by atoms with Gasteiger partial charge in [-0.15, -0.1) is 0 Å². The van der Waals surface area contributed by atoms with E-state index in [1.807, 2.05) is 0 Å². The standard InChI is InChI=1S/C24H22FN3O4.CH4O3S/c1-3-24(31)14-6-18-21-12(8-28(18)22(29)13(14)9-32-23(24)30)19-16(26)5-4-11-10(2)15(25)7-17(27-21)20(11)19;1-5(2,3)4/h6-7,16,31H,3-5,8-9,26H2,1-2H3;1H3,(H,2,3,4)/t16-,24-;/m0./s1/i7D;. The van der Waals surface area contributed by atoms with Gasteiger partial charge in [0, 0.05) is 28.6 Å². The number of nitrogens with two attached hydrogens (primary N) is 1. The Labute approximate surface area is 213 Å². The molecule has 10 nitrogen and oxygen atoms in total. The first-order chi connectivity index (χ1) is 17.7. The van der Waals surface area contributed by atoms with E-state index in [9.17, 15) is 27.5 Å². The number of benzene rings is 1. The molecule has 37 heavy (non-hydrogen) atoms. The van der Waals surface area contributed by atoms with E-state index in [0.717, 1.165) is 16.7 Å². The van der Waals surface area contributed by atoms with Gasteiger partial charge in [-0.1, -0.05) is 6.92 Å². The second kappa shape index (κ2) is 8.42. The van der Waals surface area contributed by atoms with Gasteiger partial charge in [0.05, 0.1) is 36.6 Å². The van der Waals surface area contributed by atoms with Gasteiger partial charge in [-0.25, -0.2) is 14.2 Å². The number of hydrogen-bond acceptors (Lipinski definition) is 8. The molecule has 3 aromatic rings. The molecule has 196 valence electrons. The lowest BCUT2D eigenvalue weighted by atomic mass is 9.82. The molecule has 12 heteroatoms. The van der Waals surface area contributed by atoms with Crippen molar-refractivity contribution in [3.05, 3.63) is 61.7 Å². The molecular weight excluding hydrogens is 505 g/mol. The third-order valence-electron chi connectivity index (χ3n) is 7.33. The lowest BCUT2D eigenvalue weighted by Crippen LogP contribution is -2.44. The van der Waals surface area contributed by atoms with Crippen molar-refractivity contribution >= 4 is 27.0 Å². The predicted molar refractivity (Wildman–Crippen MR) is 132 cm³/mol. The van der Waals surface area contributed by atoms with Gasteiger partial charge >= 0.3 is 5.97 Å². The van der Waals surface area contributed by atoms with E-state index in [2.05, 4.69) is 4.98 Å². The summed E-state index contributed by atoms with van der Waals surface area (Å²) in [4.78, 5) is 30.5. The highest BCUT2D eigenvalue weighted by molar-refractivity contribution is 7.85. The van der Waals surface area contributed by atoms with Crippen molar-refractivity contribution in [3.63, 3.8) is 0 Å². The molecule has 0 amide bonds. The van der Waals surface area contributed by atoms with Crippen molar-refractivity contribution in [1.82, 2.24) is 9.55 Å². The molecule has 2 aliphatic heterocycles. The van der Waals surface area contributed by atoms with E-state index in [4.69, 9.17) is 16.4 Å². The average Bonchev–Trinajstić information content (AvgIpc) is 3.22. The van der Waals surface area contributed by atoms with E-state index >= 15 is 0 Å². The number of pyridine rings is 2. The minimum Gasteiger partial charge on any atom is -0.458 e. The van der Waals surface area contributed by atoms with Crippen LogP contribution in [0.25, 0.3) is 22.3 Å². The van der Waals surface area contributed by atoms with Crippen LogP contribution in [0.1, 0.15) is 60.6 Å². The number of aromatic nitrogens is 2. The summed E-state index contributed by atoms with van der Waals surface area (Å²) in [6.07, 6.45) is 1.97. The summed E-state index contributed by atoms with van der Waals surface area (Å²) in [5, 5.41) is 11.7. The Hall–Kier alpha value is -3.19. The molecule has 0 radical (unpaired) electrons. The van der Waals surface area contributed by atoms with Gasteiger partial charge in [0.2, 0.25) is 0 Å². The van der Waals surface area contributed by atoms with Gasteiger partial charge in [0.1, 0.15) is 12.4 Å². The first kappa shape index (κ1) is 24.2. The molecule has 4 heterocycles. The number of carbonyl (C=O) groups is 1. The Morgan fingerprint density at radius 3 is 2.68 bits per heavy atom. The fraction of sp³-hybridized carbons (Fsp3) is 0.400. The highest BCUT2D eigenvalue weighted by Crippen LogP contribution is 2.45. The minimum atomic E-state index is -3.67. The molecule has 2 atom stereocenters. The Morgan fingerprint density at radius 1 is 1.35 bits per heavy atom. The predicted octanol–water partition coefficient (Wildman–Crippen LogP) is 1.98. The zero-order chi connectivity index (χ0) is 27.9. The lowest BCUT2D eigenvalue weighted by Gasteiger charge is -2.31. The first-order valence-corrected chi connectivity index (χ1v) is 13.5. The van der Waals surface area contributed by atoms with Gasteiger partial charge in [-0.2, -0.15) is 8.42 Å². The third-order valence-corrected chi connectivity index (χ3v) is 7.33. The second-order valence-electron chi connectivity index (χ2n) is 9.60. The van der Waals surface area contributed by atoms with E-state index in [-0.39, 0.29) is 53.9 Å². The smallest absolute Gasteiger partial charge is 0.343 e.